The first-order chi connectivity index (χ1) is 12.2. The zero-order valence-electron chi connectivity index (χ0n) is 13.4. The number of nitrogens with zero attached hydrogens (tertiary/aromatic N) is 4. The zero-order valence-corrected chi connectivity index (χ0v) is 13.4. The molecule has 0 radical (unpaired) electrons. The van der Waals surface area contributed by atoms with Gasteiger partial charge >= 0.3 is 5.97 Å². The standard InChI is InChI=1S/C18H14N4O3/c1-12-16(17-19-8-5-9-22(17)20-12)18(23)24-11-14-10-15(21-25-14)13-6-3-2-4-7-13/h2-10H,11H2,1H3. The van der Waals surface area contributed by atoms with Crippen molar-refractivity contribution in [3.8, 4) is 11.3 Å². The predicted octanol–water partition coefficient (Wildman–Crippen LogP) is 3.05. The molecule has 0 atom stereocenters. The Morgan fingerprint density at radius 1 is 1.24 bits per heavy atom. The molecule has 0 bridgehead atoms. The number of esters is 1. The Bertz CT molecular complexity index is 1040. The first-order valence-corrected chi connectivity index (χ1v) is 7.70. The lowest BCUT2D eigenvalue weighted by molar-refractivity contribution is 0.0438. The third-order valence-electron chi connectivity index (χ3n) is 3.75. The van der Waals surface area contributed by atoms with Gasteiger partial charge in [0.2, 0.25) is 0 Å². The maximum absolute atomic E-state index is 12.4. The fourth-order valence-corrected chi connectivity index (χ4v) is 2.57. The van der Waals surface area contributed by atoms with Crippen molar-refractivity contribution in [1.29, 1.82) is 0 Å². The zero-order chi connectivity index (χ0) is 17.2. The van der Waals surface area contributed by atoms with Crippen LogP contribution in [0.25, 0.3) is 16.9 Å². The molecule has 0 fully saturated rings. The molecular formula is C18H14N4O3. The van der Waals surface area contributed by atoms with E-state index >= 15 is 0 Å². The van der Waals surface area contributed by atoms with E-state index in [2.05, 4.69) is 15.2 Å². The van der Waals surface area contributed by atoms with Crippen molar-refractivity contribution in [3.05, 3.63) is 71.9 Å². The molecule has 0 unspecified atom stereocenters. The van der Waals surface area contributed by atoms with Gasteiger partial charge in [0.05, 0.1) is 5.69 Å². The van der Waals surface area contributed by atoms with Crippen LogP contribution in [-0.4, -0.2) is 25.7 Å². The molecule has 3 heterocycles. The highest BCUT2D eigenvalue weighted by Gasteiger charge is 2.20. The van der Waals surface area contributed by atoms with Crippen molar-refractivity contribution in [2.24, 2.45) is 0 Å². The molecule has 25 heavy (non-hydrogen) atoms. The molecule has 4 aromatic rings. The summed E-state index contributed by atoms with van der Waals surface area (Å²) in [6.07, 6.45) is 3.34. The van der Waals surface area contributed by atoms with Crippen molar-refractivity contribution in [1.82, 2.24) is 19.8 Å². The van der Waals surface area contributed by atoms with Crippen LogP contribution in [0.15, 0.2) is 59.4 Å². The number of carbonyl (C=O) groups excluding carboxylic acids is 1. The van der Waals surface area contributed by atoms with Crippen molar-refractivity contribution < 1.29 is 14.1 Å². The molecule has 0 aliphatic rings. The maximum Gasteiger partial charge on any atom is 0.344 e. The minimum atomic E-state index is -0.496. The second-order valence-corrected chi connectivity index (χ2v) is 5.47. The molecule has 7 heteroatoms. The van der Waals surface area contributed by atoms with E-state index in [0.29, 0.717) is 28.4 Å². The molecule has 0 saturated heterocycles. The highest BCUT2D eigenvalue weighted by molar-refractivity contribution is 5.97. The number of hydrogen-bond acceptors (Lipinski definition) is 6. The summed E-state index contributed by atoms with van der Waals surface area (Å²) >= 11 is 0. The van der Waals surface area contributed by atoms with Gasteiger partial charge in [0, 0.05) is 24.0 Å². The Morgan fingerprint density at radius 3 is 2.92 bits per heavy atom. The lowest BCUT2D eigenvalue weighted by Gasteiger charge is -2.01. The number of carbonyl (C=O) groups is 1. The van der Waals surface area contributed by atoms with E-state index in [1.807, 2.05) is 30.3 Å². The normalized spacial score (nSPS) is 10.9. The van der Waals surface area contributed by atoms with Gasteiger partial charge in [-0.05, 0) is 13.0 Å². The van der Waals surface area contributed by atoms with Gasteiger partial charge < -0.3 is 9.26 Å². The predicted molar refractivity (Wildman–Crippen MR) is 88.8 cm³/mol. The van der Waals surface area contributed by atoms with E-state index < -0.39 is 5.97 Å². The fraction of sp³-hybridized carbons (Fsp3) is 0.111. The Morgan fingerprint density at radius 2 is 2.08 bits per heavy atom. The summed E-state index contributed by atoms with van der Waals surface area (Å²) < 4.78 is 12.1. The van der Waals surface area contributed by atoms with Crippen molar-refractivity contribution >= 4 is 11.6 Å². The van der Waals surface area contributed by atoms with E-state index in [9.17, 15) is 4.79 Å². The highest BCUT2D eigenvalue weighted by Crippen LogP contribution is 2.20. The summed E-state index contributed by atoms with van der Waals surface area (Å²) in [5.74, 6) is -0.0295. The third kappa shape index (κ3) is 2.87. The topological polar surface area (TPSA) is 82.5 Å². The van der Waals surface area contributed by atoms with E-state index in [4.69, 9.17) is 9.26 Å². The summed E-state index contributed by atoms with van der Waals surface area (Å²) in [5, 5.41) is 8.25. The van der Waals surface area contributed by atoms with Gasteiger partial charge in [-0.3, -0.25) is 0 Å². The second kappa shape index (κ2) is 6.20. The van der Waals surface area contributed by atoms with Crippen LogP contribution in [0.4, 0.5) is 0 Å². The molecule has 0 aliphatic carbocycles. The molecule has 4 rings (SSSR count). The molecular weight excluding hydrogens is 320 g/mol. The second-order valence-electron chi connectivity index (χ2n) is 5.47. The van der Waals surface area contributed by atoms with Crippen LogP contribution in [0.5, 0.6) is 0 Å². The number of benzene rings is 1. The smallest absolute Gasteiger partial charge is 0.344 e. The van der Waals surface area contributed by atoms with E-state index in [1.165, 1.54) is 0 Å². The van der Waals surface area contributed by atoms with Gasteiger partial charge in [-0.1, -0.05) is 35.5 Å². The highest BCUT2D eigenvalue weighted by atomic mass is 16.5. The number of fused-ring (bicyclic) bond motifs is 1. The average molecular weight is 334 g/mol. The van der Waals surface area contributed by atoms with E-state index in [1.54, 1.807) is 36.0 Å². The monoisotopic (exact) mass is 334 g/mol. The number of aromatic nitrogens is 4. The van der Waals surface area contributed by atoms with Crippen LogP contribution in [0.1, 0.15) is 21.8 Å². The van der Waals surface area contributed by atoms with Crippen molar-refractivity contribution in [2.75, 3.05) is 0 Å². The maximum atomic E-state index is 12.4. The SMILES string of the molecule is Cc1nn2cccnc2c1C(=O)OCc1cc(-c2ccccc2)no1. The molecule has 0 saturated carbocycles. The largest absolute Gasteiger partial charge is 0.454 e. The molecule has 0 amide bonds. The van der Waals surface area contributed by atoms with Crippen LogP contribution in [0.2, 0.25) is 0 Å². The van der Waals surface area contributed by atoms with Crippen molar-refractivity contribution in [2.45, 2.75) is 13.5 Å². The quantitative estimate of drug-likeness (QED) is 0.534. The van der Waals surface area contributed by atoms with Gasteiger partial charge in [0.25, 0.3) is 0 Å². The Labute approximate surface area is 142 Å². The first kappa shape index (κ1) is 15.1. The summed E-state index contributed by atoms with van der Waals surface area (Å²) in [4.78, 5) is 16.6. The molecule has 0 N–H and O–H groups in total. The van der Waals surface area contributed by atoms with E-state index in [-0.39, 0.29) is 6.61 Å². The lowest BCUT2D eigenvalue weighted by atomic mass is 10.1. The first-order valence-electron chi connectivity index (χ1n) is 7.70. The van der Waals surface area contributed by atoms with Crippen LogP contribution in [-0.2, 0) is 11.3 Å². The van der Waals surface area contributed by atoms with Gasteiger partial charge in [-0.25, -0.2) is 14.3 Å². The van der Waals surface area contributed by atoms with Gasteiger partial charge in [0.15, 0.2) is 18.0 Å². The molecule has 7 nitrogen and oxygen atoms in total. The Hall–Kier alpha value is -3.48. The fourth-order valence-electron chi connectivity index (χ4n) is 2.57. The number of ether oxygens (including phenoxy) is 1. The van der Waals surface area contributed by atoms with Gasteiger partial charge in [-0.15, -0.1) is 0 Å². The summed E-state index contributed by atoms with van der Waals surface area (Å²) in [6, 6.07) is 13.1. The minimum Gasteiger partial charge on any atom is -0.454 e. The molecule has 0 aliphatic heterocycles. The van der Waals surface area contributed by atoms with Crippen LogP contribution in [0, 0.1) is 6.92 Å². The number of hydrogen-bond donors (Lipinski definition) is 0. The number of aryl methyl sites for hydroxylation is 1. The summed E-state index contributed by atoms with van der Waals surface area (Å²) in [7, 11) is 0. The lowest BCUT2D eigenvalue weighted by Crippen LogP contribution is -2.06. The van der Waals surface area contributed by atoms with Crippen LogP contribution < -0.4 is 0 Å². The molecule has 124 valence electrons. The third-order valence-corrected chi connectivity index (χ3v) is 3.75. The molecule has 0 spiro atoms. The average Bonchev–Trinajstić information content (AvgIpc) is 3.24. The number of rotatable bonds is 4. The Balaban J connectivity index is 1.51. The molecule has 3 aromatic heterocycles. The Kier molecular flexibility index (Phi) is 3.74. The molecule has 1 aromatic carbocycles. The summed E-state index contributed by atoms with van der Waals surface area (Å²) in [6.45, 7) is 1.73. The van der Waals surface area contributed by atoms with E-state index in [0.717, 1.165) is 5.56 Å². The minimum absolute atomic E-state index is 0.0116. The van der Waals surface area contributed by atoms with Gasteiger partial charge in [-0.2, -0.15) is 5.10 Å². The summed E-state index contributed by atoms with van der Waals surface area (Å²) in [5.41, 5.74) is 3.01. The van der Waals surface area contributed by atoms with Crippen molar-refractivity contribution in [3.63, 3.8) is 0 Å². The van der Waals surface area contributed by atoms with Crippen LogP contribution in [0.3, 0.4) is 0 Å². The van der Waals surface area contributed by atoms with Gasteiger partial charge in [0.1, 0.15) is 11.3 Å². The van der Waals surface area contributed by atoms with Crippen LogP contribution >= 0.6 is 0 Å².